The third-order valence-corrected chi connectivity index (χ3v) is 5.43. The molecule has 2 fully saturated rings. The molecule has 0 aromatic heterocycles. The summed E-state index contributed by atoms with van der Waals surface area (Å²) in [7, 11) is 0. The van der Waals surface area contributed by atoms with E-state index >= 15 is 0 Å². The van der Waals surface area contributed by atoms with Gasteiger partial charge in [0.15, 0.2) is 6.29 Å². The van der Waals surface area contributed by atoms with Crippen LogP contribution in [0.1, 0.15) is 13.3 Å². The average Bonchev–Trinajstić information content (AvgIpc) is 2.88. The zero-order chi connectivity index (χ0) is 37.1. The zero-order valence-electron chi connectivity index (χ0n) is 22.9. The Morgan fingerprint density at radius 2 is 1.13 bits per heavy atom. The summed E-state index contributed by atoms with van der Waals surface area (Å²) in [5.41, 5.74) is 17.3. The Morgan fingerprint density at radius 3 is 1.43 bits per heavy atom. The molecule has 1 amide bonds. The highest BCUT2D eigenvalue weighted by atomic mass is 19.4. The third-order valence-electron chi connectivity index (χ3n) is 5.43. The number of amides is 1. The van der Waals surface area contributed by atoms with Gasteiger partial charge in [0, 0.05) is 19.5 Å². The number of carbonyl (C=O) groups is 4. The molecule has 17 nitrogen and oxygen atoms in total. The molecule has 26 heteroatoms. The fraction of sp³-hybridized carbons (Fsp3) is 0.800. The molecule has 14 N–H and O–H groups in total. The van der Waals surface area contributed by atoms with Crippen LogP contribution in [-0.4, -0.2) is 146 Å². The van der Waals surface area contributed by atoms with Gasteiger partial charge in [-0.15, -0.1) is 0 Å². The first-order valence-electron chi connectivity index (χ1n) is 11.9. The second kappa shape index (κ2) is 18.3. The van der Waals surface area contributed by atoms with Crippen molar-refractivity contribution in [1.29, 1.82) is 0 Å². The topological polar surface area (TPSA) is 318 Å². The summed E-state index contributed by atoms with van der Waals surface area (Å²) in [6.45, 7) is 1.22. The fourth-order valence-electron chi connectivity index (χ4n) is 3.26. The average molecular weight is 706 g/mol. The van der Waals surface area contributed by atoms with Gasteiger partial charge < -0.3 is 67.7 Å². The smallest absolute Gasteiger partial charge is 0.475 e. The number of carboxylic acids is 3. The Labute approximate surface area is 250 Å². The van der Waals surface area contributed by atoms with E-state index in [0.29, 0.717) is 0 Å². The van der Waals surface area contributed by atoms with Gasteiger partial charge in [-0.05, 0) is 6.42 Å². The van der Waals surface area contributed by atoms with Crippen LogP contribution < -0.4 is 22.5 Å². The van der Waals surface area contributed by atoms with Crippen LogP contribution in [0.15, 0.2) is 0 Å². The summed E-state index contributed by atoms with van der Waals surface area (Å²) in [6.07, 6.45) is -23.5. The number of nitrogens with two attached hydrogens (primary N) is 3. The molecule has 2 rings (SSSR count). The SMILES string of the molecule is CC(=O)N[C@@H]1C[C@H](N)[C@@H](O[C@H]2O[C@H](CN)[C@@H](O)[C@H](O)[C@H]2N)[C@H](O)[C@H]1O.O=C(O)C(F)(F)F.O=C(O)C(F)(F)F.O=C(O)C(F)(F)F. The van der Waals surface area contributed by atoms with Crippen LogP contribution in [0.2, 0.25) is 0 Å². The maximum Gasteiger partial charge on any atom is 0.490 e. The van der Waals surface area contributed by atoms with Gasteiger partial charge in [-0.3, -0.25) is 4.79 Å². The van der Waals surface area contributed by atoms with E-state index in [1.54, 1.807) is 0 Å². The van der Waals surface area contributed by atoms with Crippen LogP contribution in [-0.2, 0) is 28.7 Å². The van der Waals surface area contributed by atoms with Gasteiger partial charge in [0.05, 0.1) is 12.1 Å². The summed E-state index contributed by atoms with van der Waals surface area (Å²) in [5.74, 6) is -8.63. The Bertz CT molecular complexity index is 945. The van der Waals surface area contributed by atoms with E-state index in [4.69, 9.17) is 56.4 Å². The molecule has 2 aliphatic rings. The highest BCUT2D eigenvalue weighted by molar-refractivity contribution is 5.74. The lowest BCUT2D eigenvalue weighted by molar-refractivity contribution is -0.288. The predicted molar refractivity (Wildman–Crippen MR) is 126 cm³/mol. The van der Waals surface area contributed by atoms with Gasteiger partial charge in [0.1, 0.15) is 36.6 Å². The Kier molecular flexibility index (Phi) is 17.9. The van der Waals surface area contributed by atoms with Gasteiger partial charge in [0.25, 0.3) is 0 Å². The number of carboxylic acid groups (broad SMARTS) is 3. The number of hydrogen-bond donors (Lipinski definition) is 11. The quantitative estimate of drug-likeness (QED) is 0.129. The van der Waals surface area contributed by atoms with E-state index in [1.807, 2.05) is 0 Å². The Hall–Kier alpha value is -3.11. The minimum atomic E-state index is -5.08. The number of aliphatic hydroxyl groups is 4. The lowest BCUT2D eigenvalue weighted by atomic mass is 9.84. The normalized spacial score (nSPS) is 31.3. The molecule has 1 saturated heterocycles. The minimum absolute atomic E-state index is 0.0721. The van der Waals surface area contributed by atoms with Crippen molar-refractivity contribution < 1.29 is 104 Å². The number of hydrogen-bond acceptors (Lipinski definition) is 13. The van der Waals surface area contributed by atoms with E-state index in [2.05, 4.69) is 5.32 Å². The number of nitrogens with one attached hydrogen (secondary N) is 1. The van der Waals surface area contributed by atoms with E-state index in [9.17, 15) is 64.7 Å². The fourth-order valence-corrected chi connectivity index (χ4v) is 3.26. The van der Waals surface area contributed by atoms with Crippen molar-refractivity contribution in [3.8, 4) is 0 Å². The van der Waals surface area contributed by atoms with Crippen molar-refractivity contribution in [2.75, 3.05) is 6.54 Å². The molecule has 272 valence electrons. The van der Waals surface area contributed by atoms with E-state index in [0.717, 1.165) is 0 Å². The number of carbonyl (C=O) groups excluding carboxylic acids is 1. The van der Waals surface area contributed by atoms with Crippen molar-refractivity contribution in [1.82, 2.24) is 5.32 Å². The zero-order valence-corrected chi connectivity index (χ0v) is 22.9. The molecule has 0 bridgehead atoms. The summed E-state index contributed by atoms with van der Waals surface area (Å²) >= 11 is 0. The molecule has 1 aliphatic heterocycles. The first kappa shape index (κ1) is 45.0. The van der Waals surface area contributed by atoms with E-state index in [1.165, 1.54) is 6.92 Å². The van der Waals surface area contributed by atoms with E-state index in [-0.39, 0.29) is 18.9 Å². The van der Waals surface area contributed by atoms with E-state index < -0.39 is 97.5 Å². The number of rotatable bonds is 4. The van der Waals surface area contributed by atoms with Crippen LogP contribution in [0.4, 0.5) is 39.5 Å². The third kappa shape index (κ3) is 15.5. The lowest BCUT2D eigenvalue weighted by Gasteiger charge is -2.46. The van der Waals surface area contributed by atoms with Gasteiger partial charge in [-0.2, -0.15) is 39.5 Å². The molecular weight excluding hydrogens is 675 g/mol. The first-order valence-corrected chi connectivity index (χ1v) is 11.9. The standard InChI is InChI=1S/C14H28N4O7.3C2HF3O2/c1-4(19)18-6-2-5(16)13(12(23)9(6)20)25-14-8(17)11(22)10(21)7(3-15)24-14;3*3-2(4,5)1(6)7/h5-14,20-23H,2-3,15-17H2,1H3,(H,18,19);3*(H,6,7)/t5-,6+,7+,8+,9-,10+,11+,12+,13+,14+;;;/m0.../s1. The molecule has 0 spiro atoms. The molecule has 1 saturated carbocycles. The minimum Gasteiger partial charge on any atom is -0.475 e. The number of alkyl halides is 9. The van der Waals surface area contributed by atoms with Crippen LogP contribution >= 0.6 is 0 Å². The second-order valence-corrected chi connectivity index (χ2v) is 9.03. The summed E-state index contributed by atoms with van der Waals surface area (Å²) < 4.78 is 106. The van der Waals surface area contributed by atoms with Crippen LogP contribution in [0.3, 0.4) is 0 Å². The number of ether oxygens (including phenoxy) is 2. The van der Waals surface area contributed by atoms with Crippen molar-refractivity contribution in [2.45, 2.75) is 92.9 Å². The summed E-state index contributed by atoms with van der Waals surface area (Å²) in [4.78, 5) is 37.9. The Morgan fingerprint density at radius 1 is 0.761 bits per heavy atom. The number of halogens is 9. The van der Waals surface area contributed by atoms with Crippen LogP contribution in [0.5, 0.6) is 0 Å². The molecule has 1 heterocycles. The predicted octanol–water partition coefficient (Wildman–Crippen LogP) is -3.04. The van der Waals surface area contributed by atoms with Crippen LogP contribution in [0, 0.1) is 0 Å². The molecule has 0 radical (unpaired) electrons. The lowest BCUT2D eigenvalue weighted by Crippen LogP contribution is -2.68. The van der Waals surface area contributed by atoms with Crippen molar-refractivity contribution in [2.24, 2.45) is 17.2 Å². The highest BCUT2D eigenvalue weighted by Crippen LogP contribution is 2.27. The molecule has 0 unspecified atom stereocenters. The molecule has 0 aromatic carbocycles. The maximum absolute atomic E-state index is 11.2. The maximum atomic E-state index is 11.2. The molecule has 10 atom stereocenters. The monoisotopic (exact) mass is 706 g/mol. The summed E-state index contributed by atoms with van der Waals surface area (Å²) in [6, 6.07) is -2.54. The highest BCUT2D eigenvalue weighted by Gasteiger charge is 2.48. The van der Waals surface area contributed by atoms with Crippen molar-refractivity contribution in [3.63, 3.8) is 0 Å². The van der Waals surface area contributed by atoms with Crippen LogP contribution in [0.25, 0.3) is 0 Å². The Balaban J connectivity index is 0. The molecule has 1 aliphatic carbocycles. The second-order valence-electron chi connectivity index (χ2n) is 9.03. The van der Waals surface area contributed by atoms with Gasteiger partial charge in [-0.25, -0.2) is 14.4 Å². The number of aliphatic hydroxyl groups excluding tert-OH is 4. The molecular formula is C20H31F9N4O13. The molecule has 46 heavy (non-hydrogen) atoms. The van der Waals surface area contributed by atoms with Gasteiger partial charge in [-0.1, -0.05) is 0 Å². The van der Waals surface area contributed by atoms with Crippen molar-refractivity contribution >= 4 is 23.8 Å². The van der Waals surface area contributed by atoms with Gasteiger partial charge in [0.2, 0.25) is 5.91 Å². The largest absolute Gasteiger partial charge is 0.490 e. The van der Waals surface area contributed by atoms with Gasteiger partial charge >= 0.3 is 36.4 Å². The number of aliphatic carboxylic acids is 3. The molecule has 0 aromatic rings. The van der Waals surface area contributed by atoms with Crippen molar-refractivity contribution in [3.05, 3.63) is 0 Å². The first-order chi connectivity index (χ1) is 20.5. The summed E-state index contributed by atoms with van der Waals surface area (Å²) in [5, 5.41) is 64.2.